The Morgan fingerprint density at radius 3 is 2.18 bits per heavy atom. The van der Waals surface area contributed by atoms with Gasteiger partial charge in [0.25, 0.3) is 0 Å². The van der Waals surface area contributed by atoms with Gasteiger partial charge in [-0.25, -0.2) is 9.32 Å². The van der Waals surface area contributed by atoms with Crippen LogP contribution in [-0.4, -0.2) is 19.6 Å². The zero-order chi connectivity index (χ0) is 13.2. The zero-order valence-electron chi connectivity index (χ0n) is 8.80. The molecule has 0 heterocycles. The lowest BCUT2D eigenvalue weighted by Gasteiger charge is -2.21. The number of hydrogen-bond donors (Lipinski definition) is 2. The molecule has 0 aromatic heterocycles. The van der Waals surface area contributed by atoms with Crippen LogP contribution in [0.2, 0.25) is 10.0 Å². The van der Waals surface area contributed by atoms with Gasteiger partial charge in [0.1, 0.15) is 6.10 Å². The summed E-state index contributed by atoms with van der Waals surface area (Å²) in [4.78, 5) is 0. The molecule has 1 rings (SSSR count). The largest absolute Gasteiger partial charge is 0.390 e. The van der Waals surface area contributed by atoms with Gasteiger partial charge in [-0.3, -0.25) is 0 Å². The first-order valence-corrected chi connectivity index (χ1v) is 6.78. The van der Waals surface area contributed by atoms with Gasteiger partial charge in [-0.15, -0.1) is 0 Å². The van der Waals surface area contributed by atoms with Crippen molar-refractivity contribution < 1.29 is 17.7 Å². The van der Waals surface area contributed by atoms with Gasteiger partial charge >= 0.3 is 10.3 Å². The molecular formula is C9H11Cl2NO4S. The van der Waals surface area contributed by atoms with Gasteiger partial charge in [-0.05, 0) is 19.1 Å². The van der Waals surface area contributed by atoms with Crippen LogP contribution in [0.5, 0.6) is 0 Å². The molecule has 0 aliphatic heterocycles. The quantitative estimate of drug-likeness (QED) is 0.884. The average Bonchev–Trinajstić information content (AvgIpc) is 2.13. The van der Waals surface area contributed by atoms with Crippen LogP contribution in [-0.2, 0) is 14.5 Å². The fourth-order valence-corrected chi connectivity index (χ4v) is 2.46. The fourth-order valence-electron chi connectivity index (χ4n) is 1.30. The molecule has 0 unspecified atom stereocenters. The predicted molar refractivity (Wildman–Crippen MR) is 65.1 cm³/mol. The van der Waals surface area contributed by atoms with Crippen molar-refractivity contribution in [1.29, 1.82) is 0 Å². The summed E-state index contributed by atoms with van der Waals surface area (Å²) >= 11 is 11.8. The molecule has 0 amide bonds. The van der Waals surface area contributed by atoms with Crippen LogP contribution in [0.25, 0.3) is 0 Å². The van der Waals surface area contributed by atoms with Gasteiger partial charge in [0.2, 0.25) is 0 Å². The van der Waals surface area contributed by atoms with Crippen molar-refractivity contribution in [3.63, 3.8) is 0 Å². The molecule has 0 aliphatic rings. The topological polar surface area (TPSA) is 89.6 Å². The second kappa shape index (κ2) is 5.51. The standard InChI is InChI=1S/C9H11Cl2NO4S/c1-5(13)9(16-17(12,14)15)8-6(10)3-2-4-7(8)11/h2-5,9,13H,1H3,(H2,12,14,15)/t5-,9+/m0/s1. The van der Waals surface area contributed by atoms with Crippen molar-refractivity contribution in [2.24, 2.45) is 5.14 Å². The van der Waals surface area contributed by atoms with E-state index in [-0.39, 0.29) is 15.6 Å². The maximum absolute atomic E-state index is 10.9. The van der Waals surface area contributed by atoms with E-state index in [1.54, 1.807) is 6.07 Å². The third kappa shape index (κ3) is 4.09. The van der Waals surface area contributed by atoms with Crippen LogP contribution in [0.3, 0.4) is 0 Å². The number of benzene rings is 1. The molecule has 0 saturated carbocycles. The van der Waals surface area contributed by atoms with Gasteiger partial charge in [-0.1, -0.05) is 29.3 Å². The molecule has 17 heavy (non-hydrogen) atoms. The van der Waals surface area contributed by atoms with Crippen molar-refractivity contribution in [2.45, 2.75) is 19.1 Å². The Kier molecular flexibility index (Phi) is 4.77. The normalized spacial score (nSPS) is 15.6. The van der Waals surface area contributed by atoms with Gasteiger partial charge < -0.3 is 5.11 Å². The third-order valence-electron chi connectivity index (χ3n) is 1.96. The second-order valence-corrected chi connectivity index (χ2v) is 5.38. The molecular weight excluding hydrogens is 289 g/mol. The maximum atomic E-state index is 10.9. The highest BCUT2D eigenvalue weighted by atomic mass is 35.5. The molecule has 96 valence electrons. The Labute approximate surface area is 109 Å². The van der Waals surface area contributed by atoms with E-state index in [0.29, 0.717) is 0 Å². The number of aliphatic hydroxyl groups excluding tert-OH is 1. The Morgan fingerprint density at radius 1 is 1.35 bits per heavy atom. The number of halogens is 2. The highest BCUT2D eigenvalue weighted by Crippen LogP contribution is 2.34. The third-order valence-corrected chi connectivity index (χ3v) is 3.09. The van der Waals surface area contributed by atoms with Crippen molar-refractivity contribution >= 4 is 33.5 Å². The van der Waals surface area contributed by atoms with E-state index in [9.17, 15) is 13.5 Å². The van der Waals surface area contributed by atoms with E-state index >= 15 is 0 Å². The van der Waals surface area contributed by atoms with Crippen LogP contribution >= 0.6 is 23.2 Å². The summed E-state index contributed by atoms with van der Waals surface area (Å²) in [5.74, 6) is 0. The first kappa shape index (κ1) is 14.7. The highest BCUT2D eigenvalue weighted by Gasteiger charge is 2.27. The smallest absolute Gasteiger partial charge is 0.333 e. The monoisotopic (exact) mass is 299 g/mol. The number of rotatable bonds is 4. The lowest BCUT2D eigenvalue weighted by molar-refractivity contribution is 0.0525. The first-order valence-electron chi connectivity index (χ1n) is 4.55. The van der Waals surface area contributed by atoms with Gasteiger partial charge in [0.15, 0.2) is 0 Å². The zero-order valence-corrected chi connectivity index (χ0v) is 11.1. The van der Waals surface area contributed by atoms with Gasteiger partial charge in [0, 0.05) is 15.6 Å². The SMILES string of the molecule is C[C@H](O)[C@@H](OS(N)(=O)=O)c1c(Cl)cccc1Cl. The van der Waals surface area contributed by atoms with Crippen molar-refractivity contribution in [2.75, 3.05) is 0 Å². The van der Waals surface area contributed by atoms with Crippen LogP contribution < -0.4 is 5.14 Å². The first-order chi connectivity index (χ1) is 7.72. The Bertz CT molecular complexity index is 483. The molecule has 0 bridgehead atoms. The summed E-state index contributed by atoms with van der Waals surface area (Å²) in [6, 6.07) is 4.60. The molecule has 0 radical (unpaired) electrons. The molecule has 8 heteroatoms. The van der Waals surface area contributed by atoms with Gasteiger partial charge in [0.05, 0.1) is 6.10 Å². The summed E-state index contributed by atoms with van der Waals surface area (Å²) in [6.07, 6.45) is -2.39. The molecule has 3 N–H and O–H groups in total. The fraction of sp³-hybridized carbons (Fsp3) is 0.333. The molecule has 1 aromatic carbocycles. The van der Waals surface area contributed by atoms with E-state index in [1.165, 1.54) is 19.1 Å². The highest BCUT2D eigenvalue weighted by molar-refractivity contribution is 7.84. The Morgan fingerprint density at radius 2 is 1.82 bits per heavy atom. The van der Waals surface area contributed by atoms with E-state index in [2.05, 4.69) is 4.18 Å². The Hall–Kier alpha value is -0.370. The van der Waals surface area contributed by atoms with E-state index in [0.717, 1.165) is 0 Å². The van der Waals surface area contributed by atoms with Crippen molar-refractivity contribution in [1.82, 2.24) is 0 Å². The van der Waals surface area contributed by atoms with Gasteiger partial charge in [-0.2, -0.15) is 8.42 Å². The maximum Gasteiger partial charge on any atom is 0.333 e. The molecule has 5 nitrogen and oxygen atoms in total. The van der Waals surface area contributed by atoms with Crippen molar-refractivity contribution in [3.05, 3.63) is 33.8 Å². The summed E-state index contributed by atoms with van der Waals surface area (Å²) in [6.45, 7) is 1.34. The van der Waals surface area contributed by atoms with Crippen molar-refractivity contribution in [3.8, 4) is 0 Å². The minimum atomic E-state index is -4.23. The molecule has 2 atom stereocenters. The molecule has 0 saturated heterocycles. The second-order valence-electron chi connectivity index (χ2n) is 3.39. The minimum absolute atomic E-state index is 0.180. The van der Waals surface area contributed by atoms with Crippen LogP contribution in [0.1, 0.15) is 18.6 Å². The van der Waals surface area contributed by atoms with Crippen LogP contribution in [0.4, 0.5) is 0 Å². The molecule has 0 spiro atoms. The predicted octanol–water partition coefficient (Wildman–Crippen LogP) is 1.64. The number of aliphatic hydroxyl groups is 1. The Balaban J connectivity index is 3.24. The molecule has 1 aromatic rings. The van der Waals surface area contributed by atoms with E-state index < -0.39 is 22.5 Å². The lowest BCUT2D eigenvalue weighted by Crippen LogP contribution is -2.26. The van der Waals surface area contributed by atoms with E-state index in [4.69, 9.17) is 28.3 Å². The number of hydrogen-bond acceptors (Lipinski definition) is 4. The summed E-state index contributed by atoms with van der Waals surface area (Å²) < 4.78 is 26.4. The minimum Gasteiger partial charge on any atom is -0.390 e. The summed E-state index contributed by atoms with van der Waals surface area (Å²) in [5.41, 5.74) is 0.180. The van der Waals surface area contributed by atoms with Crippen LogP contribution in [0, 0.1) is 0 Å². The molecule has 0 fully saturated rings. The summed E-state index contributed by atoms with van der Waals surface area (Å²) in [7, 11) is -4.23. The summed E-state index contributed by atoms with van der Waals surface area (Å²) in [5, 5.41) is 14.7. The average molecular weight is 300 g/mol. The molecule has 0 aliphatic carbocycles. The van der Waals surface area contributed by atoms with Crippen LogP contribution in [0.15, 0.2) is 18.2 Å². The lowest BCUT2D eigenvalue weighted by atomic mass is 10.1. The van der Waals surface area contributed by atoms with E-state index in [1.807, 2.05) is 0 Å². The number of nitrogens with two attached hydrogens (primary N) is 1.